The number of rotatable bonds is 5. The number of nitrogens with one attached hydrogen (secondary N) is 2. The lowest BCUT2D eigenvalue weighted by Crippen LogP contribution is -3.21. The molecule has 0 saturated carbocycles. The number of hydrogen-bond acceptors (Lipinski definition) is 2. The topological polar surface area (TPSA) is 46.3 Å². The highest BCUT2D eigenvalue weighted by Gasteiger charge is 2.34. The van der Waals surface area contributed by atoms with E-state index in [0.717, 1.165) is 25.7 Å². The maximum absolute atomic E-state index is 12.0. The molecule has 2 aliphatic heterocycles. The van der Waals surface area contributed by atoms with Crippen molar-refractivity contribution in [3.8, 4) is 0 Å². The van der Waals surface area contributed by atoms with Gasteiger partial charge in [0.1, 0.15) is 6.54 Å². The molecule has 0 spiro atoms. The summed E-state index contributed by atoms with van der Waals surface area (Å²) < 4.78 is 25.6. The van der Waals surface area contributed by atoms with Crippen LogP contribution in [0.25, 0.3) is 0 Å². The van der Waals surface area contributed by atoms with Crippen LogP contribution in [0, 0.1) is 0 Å². The van der Waals surface area contributed by atoms with E-state index in [9.17, 15) is 8.42 Å². The number of likely N-dealkylation sites (tertiary alicyclic amines) is 1. The number of piperidine rings is 1. The average Bonchev–Trinajstić information content (AvgIpc) is 2.63. The molecule has 0 amide bonds. The van der Waals surface area contributed by atoms with Crippen LogP contribution >= 0.6 is 0 Å². The Morgan fingerprint density at radius 3 is 2.25 bits per heavy atom. The highest BCUT2D eigenvalue weighted by atomic mass is 32.2. The fourth-order valence-electron chi connectivity index (χ4n) is 4.14. The fraction of sp³-hybridized carbons (Fsp3) is 0.667. The summed E-state index contributed by atoms with van der Waals surface area (Å²) in [4.78, 5) is 3.31. The smallest absolute Gasteiger partial charge is 0.214 e. The van der Waals surface area contributed by atoms with Gasteiger partial charge >= 0.3 is 0 Å². The molecule has 0 unspecified atom stereocenters. The van der Waals surface area contributed by atoms with Gasteiger partial charge in [-0.1, -0.05) is 30.3 Å². The van der Waals surface area contributed by atoms with Crippen LogP contribution < -0.4 is 9.80 Å². The van der Waals surface area contributed by atoms with Gasteiger partial charge in [0.05, 0.1) is 51.1 Å². The van der Waals surface area contributed by atoms with Gasteiger partial charge in [0.2, 0.25) is 10.0 Å². The largest absolute Gasteiger partial charge is 0.331 e. The number of piperazine rings is 1. The van der Waals surface area contributed by atoms with Crippen LogP contribution in [-0.4, -0.2) is 63.8 Å². The van der Waals surface area contributed by atoms with E-state index in [2.05, 4.69) is 30.3 Å². The van der Waals surface area contributed by atoms with Crippen LogP contribution in [0.1, 0.15) is 25.3 Å². The van der Waals surface area contributed by atoms with Crippen molar-refractivity contribution in [1.29, 1.82) is 0 Å². The normalized spacial score (nSPS) is 27.2. The summed E-state index contributed by atoms with van der Waals surface area (Å²) in [6.07, 6.45) is 2.52. The van der Waals surface area contributed by atoms with E-state index < -0.39 is 10.0 Å². The highest BCUT2D eigenvalue weighted by Crippen LogP contribution is 2.04. The van der Waals surface area contributed by atoms with Crippen LogP contribution in [-0.2, 0) is 16.6 Å². The van der Waals surface area contributed by atoms with E-state index in [0.29, 0.717) is 13.1 Å². The molecule has 2 fully saturated rings. The van der Waals surface area contributed by atoms with Crippen molar-refractivity contribution in [1.82, 2.24) is 4.31 Å². The van der Waals surface area contributed by atoms with Gasteiger partial charge in [-0.25, -0.2) is 8.42 Å². The third-order valence-electron chi connectivity index (χ3n) is 5.69. The molecule has 2 heterocycles. The molecule has 0 atom stereocenters. The van der Waals surface area contributed by atoms with E-state index in [4.69, 9.17) is 0 Å². The molecule has 134 valence electrons. The van der Waals surface area contributed by atoms with E-state index in [-0.39, 0.29) is 5.75 Å². The SMILES string of the molecule is CCS(=O)(=O)N1CC[NH+](C2CC[NH+](Cc3ccccc3)CC2)CC1. The average molecular weight is 354 g/mol. The molecule has 0 aromatic heterocycles. The number of sulfonamides is 1. The molecular weight excluding hydrogens is 322 g/mol. The lowest BCUT2D eigenvalue weighted by atomic mass is 10.0. The molecule has 2 N–H and O–H groups in total. The Morgan fingerprint density at radius 2 is 1.67 bits per heavy atom. The van der Waals surface area contributed by atoms with Crippen molar-refractivity contribution in [2.45, 2.75) is 32.4 Å². The summed E-state index contributed by atoms with van der Waals surface area (Å²) in [7, 11) is -3.00. The molecule has 6 heteroatoms. The number of quaternary nitrogens is 2. The molecule has 0 bridgehead atoms. The Kier molecular flexibility index (Phi) is 5.92. The maximum atomic E-state index is 12.0. The van der Waals surface area contributed by atoms with E-state index in [1.807, 2.05) is 0 Å². The fourth-order valence-corrected chi connectivity index (χ4v) is 5.24. The lowest BCUT2D eigenvalue weighted by Gasteiger charge is -2.38. The lowest BCUT2D eigenvalue weighted by molar-refractivity contribution is -0.965. The minimum atomic E-state index is -3.00. The second kappa shape index (κ2) is 7.95. The maximum Gasteiger partial charge on any atom is 0.214 e. The number of benzene rings is 1. The molecule has 3 rings (SSSR count). The Hall–Kier alpha value is -0.950. The van der Waals surface area contributed by atoms with Crippen molar-refractivity contribution < 1.29 is 18.2 Å². The Balaban J connectivity index is 1.44. The van der Waals surface area contributed by atoms with Gasteiger partial charge in [0.15, 0.2) is 0 Å². The molecule has 0 aliphatic carbocycles. The molecule has 1 aromatic rings. The minimum absolute atomic E-state index is 0.226. The summed E-state index contributed by atoms with van der Waals surface area (Å²) in [5.41, 5.74) is 1.43. The second-order valence-corrected chi connectivity index (χ2v) is 9.40. The first-order valence-corrected chi connectivity index (χ1v) is 10.9. The van der Waals surface area contributed by atoms with Gasteiger partial charge in [-0.2, -0.15) is 4.31 Å². The Labute approximate surface area is 146 Å². The molecule has 24 heavy (non-hydrogen) atoms. The Morgan fingerprint density at radius 1 is 1.04 bits per heavy atom. The first kappa shape index (κ1) is 17.9. The number of hydrogen-bond donors (Lipinski definition) is 2. The standard InChI is InChI=1S/C18H29N3O2S/c1-2-24(22,23)21-14-12-20(13-15-21)18-8-10-19(11-9-18)16-17-6-4-3-5-7-17/h3-7,18H,2,8-16H2,1H3/p+2. The zero-order chi connectivity index (χ0) is 17.0. The monoisotopic (exact) mass is 353 g/mol. The quantitative estimate of drug-likeness (QED) is 0.697. The van der Waals surface area contributed by atoms with Gasteiger partial charge < -0.3 is 9.80 Å². The second-order valence-electron chi connectivity index (χ2n) is 7.14. The first-order valence-electron chi connectivity index (χ1n) is 9.28. The first-order chi connectivity index (χ1) is 11.6. The zero-order valence-corrected chi connectivity index (χ0v) is 15.5. The highest BCUT2D eigenvalue weighted by molar-refractivity contribution is 7.89. The summed E-state index contributed by atoms with van der Waals surface area (Å²) in [6, 6.07) is 11.5. The van der Waals surface area contributed by atoms with Crippen LogP contribution in [0.2, 0.25) is 0 Å². The van der Waals surface area contributed by atoms with Crippen molar-refractivity contribution in [3.63, 3.8) is 0 Å². The summed E-state index contributed by atoms with van der Waals surface area (Å²) in [5, 5.41) is 0. The van der Waals surface area contributed by atoms with Gasteiger partial charge in [-0.15, -0.1) is 0 Å². The third kappa shape index (κ3) is 4.36. The zero-order valence-electron chi connectivity index (χ0n) is 14.7. The van der Waals surface area contributed by atoms with Crippen molar-refractivity contribution in [2.24, 2.45) is 0 Å². The molecular formula is C18H31N3O2S+2. The van der Waals surface area contributed by atoms with Crippen LogP contribution in [0.15, 0.2) is 30.3 Å². The van der Waals surface area contributed by atoms with Crippen LogP contribution in [0.4, 0.5) is 0 Å². The van der Waals surface area contributed by atoms with Crippen LogP contribution in [0.3, 0.4) is 0 Å². The molecule has 2 aliphatic rings. The van der Waals surface area contributed by atoms with Gasteiger partial charge in [-0.05, 0) is 6.92 Å². The van der Waals surface area contributed by atoms with Gasteiger partial charge in [0, 0.05) is 18.4 Å². The molecule has 1 aromatic carbocycles. The van der Waals surface area contributed by atoms with Gasteiger partial charge in [-0.3, -0.25) is 0 Å². The van der Waals surface area contributed by atoms with Crippen molar-refractivity contribution >= 4 is 10.0 Å². The number of nitrogens with zero attached hydrogens (tertiary/aromatic N) is 1. The predicted molar refractivity (Wildman–Crippen MR) is 95.6 cm³/mol. The van der Waals surface area contributed by atoms with Crippen molar-refractivity contribution in [2.75, 3.05) is 45.0 Å². The predicted octanol–water partition coefficient (Wildman–Crippen LogP) is -1.22. The molecule has 2 saturated heterocycles. The Bertz CT molecular complexity index is 604. The van der Waals surface area contributed by atoms with E-state index >= 15 is 0 Å². The molecule has 5 nitrogen and oxygen atoms in total. The summed E-state index contributed by atoms with van der Waals surface area (Å²) >= 11 is 0. The van der Waals surface area contributed by atoms with Crippen LogP contribution in [0.5, 0.6) is 0 Å². The van der Waals surface area contributed by atoms with Gasteiger partial charge in [0.25, 0.3) is 0 Å². The van der Waals surface area contributed by atoms with E-state index in [1.54, 1.807) is 21.0 Å². The van der Waals surface area contributed by atoms with E-state index in [1.165, 1.54) is 31.5 Å². The molecule has 0 radical (unpaired) electrons. The summed E-state index contributed by atoms with van der Waals surface area (Å²) in [6.45, 7) is 8.67. The van der Waals surface area contributed by atoms with Crippen molar-refractivity contribution in [3.05, 3.63) is 35.9 Å². The summed E-state index contributed by atoms with van der Waals surface area (Å²) in [5.74, 6) is 0.226. The third-order valence-corrected chi connectivity index (χ3v) is 7.57. The minimum Gasteiger partial charge on any atom is -0.331 e.